The molecule has 3 aromatic rings. The number of nitrogens with zero attached hydrogens (tertiary/aromatic N) is 4. The first-order valence-corrected chi connectivity index (χ1v) is 10.3. The van der Waals surface area contributed by atoms with E-state index in [-0.39, 0.29) is 0 Å². The second-order valence-electron chi connectivity index (χ2n) is 7.60. The maximum Gasteiger partial charge on any atom is 0.295 e. The van der Waals surface area contributed by atoms with Crippen molar-refractivity contribution in [1.29, 1.82) is 0 Å². The van der Waals surface area contributed by atoms with Crippen LogP contribution in [0.25, 0.3) is 5.69 Å². The van der Waals surface area contributed by atoms with Crippen LogP contribution in [-0.2, 0) is 4.79 Å². The Morgan fingerprint density at radius 1 is 0.871 bits per heavy atom. The summed E-state index contributed by atoms with van der Waals surface area (Å²) in [4.78, 5) is 29.9. The lowest BCUT2D eigenvalue weighted by molar-refractivity contribution is -0.126. The lowest BCUT2D eigenvalue weighted by Crippen LogP contribution is -2.50. The predicted octanol–water partition coefficient (Wildman–Crippen LogP) is 3.03. The SMILES string of the molecule is COc1ccc(N2CCN(C(=O)C(=O)c3c(C)nn(-c4ccccc4)c3C)CC2)cc1. The first-order chi connectivity index (χ1) is 15.0. The number of benzene rings is 2. The van der Waals surface area contributed by atoms with Crippen LogP contribution < -0.4 is 9.64 Å². The van der Waals surface area contributed by atoms with Gasteiger partial charge in [-0.05, 0) is 50.2 Å². The zero-order valence-electron chi connectivity index (χ0n) is 18.0. The van der Waals surface area contributed by atoms with E-state index in [1.807, 2.05) is 61.5 Å². The van der Waals surface area contributed by atoms with Crippen LogP contribution >= 0.6 is 0 Å². The summed E-state index contributed by atoms with van der Waals surface area (Å²) in [6, 6.07) is 17.5. The number of amides is 1. The molecule has 0 aliphatic carbocycles. The van der Waals surface area contributed by atoms with Gasteiger partial charge in [-0.2, -0.15) is 5.10 Å². The van der Waals surface area contributed by atoms with Crippen molar-refractivity contribution in [2.45, 2.75) is 13.8 Å². The summed E-state index contributed by atoms with van der Waals surface area (Å²) in [6.45, 7) is 5.95. The maximum atomic E-state index is 13.1. The van der Waals surface area contributed by atoms with E-state index in [1.54, 1.807) is 23.6 Å². The molecule has 7 heteroatoms. The summed E-state index contributed by atoms with van der Waals surface area (Å²) in [5, 5.41) is 4.50. The van der Waals surface area contributed by atoms with E-state index in [4.69, 9.17) is 4.74 Å². The Morgan fingerprint density at radius 2 is 1.52 bits per heavy atom. The van der Waals surface area contributed by atoms with E-state index in [0.717, 1.165) is 17.1 Å². The summed E-state index contributed by atoms with van der Waals surface area (Å²) in [5.41, 5.74) is 3.58. The molecule has 2 heterocycles. The molecule has 1 amide bonds. The lowest BCUT2D eigenvalue weighted by Gasteiger charge is -2.35. The number of Topliss-reactive ketones (excluding diaryl/α,β-unsaturated/α-hetero) is 1. The van der Waals surface area contributed by atoms with Gasteiger partial charge in [0, 0.05) is 31.9 Å². The number of rotatable bonds is 5. The number of para-hydroxylation sites is 1. The number of methoxy groups -OCH3 is 1. The number of aromatic nitrogens is 2. The van der Waals surface area contributed by atoms with E-state index in [2.05, 4.69) is 10.00 Å². The number of anilines is 1. The highest BCUT2D eigenvalue weighted by atomic mass is 16.5. The van der Waals surface area contributed by atoms with Gasteiger partial charge >= 0.3 is 0 Å². The van der Waals surface area contributed by atoms with Crippen molar-refractivity contribution in [3.8, 4) is 11.4 Å². The van der Waals surface area contributed by atoms with Gasteiger partial charge in [0.2, 0.25) is 0 Å². The third kappa shape index (κ3) is 4.03. The van der Waals surface area contributed by atoms with Crippen LogP contribution in [0.4, 0.5) is 5.69 Å². The van der Waals surface area contributed by atoms with Crippen LogP contribution in [0.15, 0.2) is 54.6 Å². The molecule has 1 fully saturated rings. The molecule has 0 atom stereocenters. The molecule has 1 aliphatic rings. The van der Waals surface area contributed by atoms with Gasteiger partial charge < -0.3 is 14.5 Å². The molecule has 1 aliphatic heterocycles. The molecular formula is C24H26N4O3. The van der Waals surface area contributed by atoms with Gasteiger partial charge in [-0.1, -0.05) is 18.2 Å². The van der Waals surface area contributed by atoms with Gasteiger partial charge in [0.15, 0.2) is 0 Å². The van der Waals surface area contributed by atoms with Crippen molar-refractivity contribution in [3.63, 3.8) is 0 Å². The third-order valence-electron chi connectivity index (χ3n) is 5.72. The molecule has 7 nitrogen and oxygen atoms in total. The zero-order chi connectivity index (χ0) is 22.0. The second kappa shape index (κ2) is 8.63. The summed E-state index contributed by atoms with van der Waals surface area (Å²) in [7, 11) is 1.64. The van der Waals surface area contributed by atoms with E-state index < -0.39 is 11.7 Å². The van der Waals surface area contributed by atoms with Crippen LogP contribution in [0.1, 0.15) is 21.7 Å². The van der Waals surface area contributed by atoms with Crippen molar-refractivity contribution >= 4 is 17.4 Å². The van der Waals surface area contributed by atoms with Gasteiger partial charge in [-0.15, -0.1) is 0 Å². The minimum atomic E-state index is -0.491. The predicted molar refractivity (Wildman–Crippen MR) is 119 cm³/mol. The number of ether oxygens (including phenoxy) is 1. The monoisotopic (exact) mass is 418 g/mol. The number of hydrogen-bond acceptors (Lipinski definition) is 5. The molecule has 4 rings (SSSR count). The lowest BCUT2D eigenvalue weighted by atomic mass is 10.1. The number of aryl methyl sites for hydroxylation is 1. The second-order valence-corrected chi connectivity index (χ2v) is 7.60. The highest BCUT2D eigenvalue weighted by molar-refractivity contribution is 6.43. The Bertz CT molecular complexity index is 1080. The normalized spacial score (nSPS) is 13.9. The van der Waals surface area contributed by atoms with Crippen molar-refractivity contribution in [2.24, 2.45) is 0 Å². The van der Waals surface area contributed by atoms with E-state index in [0.29, 0.717) is 43.1 Å². The van der Waals surface area contributed by atoms with Crippen molar-refractivity contribution in [3.05, 3.63) is 71.5 Å². The molecule has 160 valence electrons. The molecule has 0 unspecified atom stereocenters. The number of ketones is 1. The fourth-order valence-electron chi connectivity index (χ4n) is 4.00. The smallest absolute Gasteiger partial charge is 0.295 e. The van der Waals surface area contributed by atoms with Crippen LogP contribution in [0.2, 0.25) is 0 Å². The number of carbonyl (C=O) groups is 2. The van der Waals surface area contributed by atoms with Gasteiger partial charge in [0.25, 0.3) is 11.7 Å². The summed E-state index contributed by atoms with van der Waals surface area (Å²) in [6.07, 6.45) is 0. The zero-order valence-corrected chi connectivity index (χ0v) is 18.0. The Balaban J connectivity index is 1.46. The van der Waals surface area contributed by atoms with Crippen LogP contribution in [0.3, 0.4) is 0 Å². The molecule has 0 bridgehead atoms. The highest BCUT2D eigenvalue weighted by Crippen LogP contribution is 2.22. The van der Waals surface area contributed by atoms with Gasteiger partial charge in [0.1, 0.15) is 5.75 Å². The number of carbonyl (C=O) groups excluding carboxylic acids is 2. The van der Waals surface area contributed by atoms with E-state index in [9.17, 15) is 9.59 Å². The van der Waals surface area contributed by atoms with Gasteiger partial charge in [0.05, 0.1) is 29.7 Å². The third-order valence-corrected chi connectivity index (χ3v) is 5.72. The van der Waals surface area contributed by atoms with E-state index in [1.165, 1.54) is 0 Å². The number of piperazine rings is 1. The Kier molecular flexibility index (Phi) is 5.75. The first-order valence-electron chi connectivity index (χ1n) is 10.3. The quantitative estimate of drug-likeness (QED) is 0.471. The summed E-state index contributed by atoms with van der Waals surface area (Å²) < 4.78 is 6.93. The van der Waals surface area contributed by atoms with Crippen molar-refractivity contribution in [1.82, 2.24) is 14.7 Å². The fraction of sp³-hybridized carbons (Fsp3) is 0.292. The average molecular weight is 418 g/mol. The molecule has 31 heavy (non-hydrogen) atoms. The average Bonchev–Trinajstić information content (AvgIpc) is 3.12. The molecular weight excluding hydrogens is 392 g/mol. The van der Waals surface area contributed by atoms with Crippen LogP contribution in [0.5, 0.6) is 5.75 Å². The Labute approximate surface area is 181 Å². The van der Waals surface area contributed by atoms with E-state index >= 15 is 0 Å². The molecule has 0 N–H and O–H groups in total. The topological polar surface area (TPSA) is 67.7 Å². The largest absolute Gasteiger partial charge is 0.497 e. The van der Waals surface area contributed by atoms with Crippen molar-refractivity contribution < 1.29 is 14.3 Å². The minimum Gasteiger partial charge on any atom is -0.497 e. The maximum absolute atomic E-state index is 13.1. The van der Waals surface area contributed by atoms with Gasteiger partial charge in [-0.3, -0.25) is 9.59 Å². The first kappa shape index (κ1) is 20.7. The Morgan fingerprint density at radius 3 is 2.13 bits per heavy atom. The molecule has 1 aromatic heterocycles. The molecule has 0 radical (unpaired) electrons. The van der Waals surface area contributed by atoms with Crippen molar-refractivity contribution in [2.75, 3.05) is 38.2 Å². The summed E-state index contributed by atoms with van der Waals surface area (Å²) in [5.74, 6) is -0.145. The molecule has 0 spiro atoms. The van der Waals surface area contributed by atoms with Crippen LogP contribution in [-0.4, -0.2) is 59.7 Å². The van der Waals surface area contributed by atoms with Crippen LogP contribution in [0, 0.1) is 13.8 Å². The van der Waals surface area contributed by atoms with Gasteiger partial charge in [-0.25, -0.2) is 4.68 Å². The standard InChI is InChI=1S/C24H26N4O3/c1-17-22(18(2)28(25-17)20-7-5-4-6-8-20)23(29)24(30)27-15-13-26(14-16-27)19-9-11-21(31-3)12-10-19/h4-12H,13-16H2,1-3H3. The Hall–Kier alpha value is -3.61. The highest BCUT2D eigenvalue weighted by Gasteiger charge is 2.30. The summed E-state index contributed by atoms with van der Waals surface area (Å²) >= 11 is 0. The molecule has 2 aromatic carbocycles. The number of hydrogen-bond donors (Lipinski definition) is 0. The molecule has 0 saturated carbocycles. The molecule has 1 saturated heterocycles. The minimum absolute atomic E-state index is 0.395. The fourth-order valence-corrected chi connectivity index (χ4v) is 4.00.